The molecule has 0 bridgehead atoms. The molecule has 0 fully saturated rings. The van der Waals surface area contributed by atoms with Crippen molar-refractivity contribution in [3.8, 4) is 0 Å². The second-order valence-electron chi connectivity index (χ2n) is 3.74. The molecule has 3 heterocycles. The Morgan fingerprint density at radius 1 is 1.35 bits per heavy atom. The first-order valence-corrected chi connectivity index (χ1v) is 7.72. The second-order valence-corrected chi connectivity index (χ2v) is 5.66. The van der Waals surface area contributed by atoms with E-state index in [4.69, 9.17) is 4.74 Å². The van der Waals surface area contributed by atoms with Crippen molar-refractivity contribution in [3.05, 3.63) is 45.6 Å². The summed E-state index contributed by atoms with van der Waals surface area (Å²) in [5.74, 6) is -0.286. The Balaban J connectivity index is 0.000000178. The summed E-state index contributed by atoms with van der Waals surface area (Å²) in [6.45, 7) is 2.20. The Labute approximate surface area is 124 Å². The number of hydrogen-bond acceptors (Lipinski definition) is 5. The number of fused-ring (bicyclic) bond motifs is 1. The number of aromatic amines is 1. The van der Waals surface area contributed by atoms with Crippen LogP contribution in [-0.2, 0) is 4.74 Å². The summed E-state index contributed by atoms with van der Waals surface area (Å²) in [6, 6.07) is 7.41. The molecule has 0 radical (unpaired) electrons. The third-order valence-corrected chi connectivity index (χ3v) is 4.06. The van der Waals surface area contributed by atoms with E-state index in [9.17, 15) is 9.59 Å². The summed E-state index contributed by atoms with van der Waals surface area (Å²) in [6.07, 6.45) is 0.852. The molecule has 0 amide bonds. The Bertz CT molecular complexity index is 654. The predicted octanol–water partition coefficient (Wildman–Crippen LogP) is 3.97. The molecule has 1 N–H and O–H groups in total. The fourth-order valence-corrected chi connectivity index (χ4v) is 2.84. The predicted molar refractivity (Wildman–Crippen MR) is 81.8 cm³/mol. The van der Waals surface area contributed by atoms with Gasteiger partial charge in [0, 0.05) is 0 Å². The third kappa shape index (κ3) is 3.55. The normalized spacial score (nSPS) is 9.85. The smallest absolute Gasteiger partial charge is 0.354 e. The Morgan fingerprint density at radius 3 is 2.75 bits per heavy atom. The highest BCUT2D eigenvalue weighted by Crippen LogP contribution is 2.21. The quantitative estimate of drug-likeness (QED) is 0.588. The molecule has 3 rings (SSSR count). The number of carbonyl (C=O) groups excluding carboxylic acids is 2. The van der Waals surface area contributed by atoms with Crippen LogP contribution in [0.5, 0.6) is 0 Å². The van der Waals surface area contributed by atoms with Crippen LogP contribution in [0.2, 0.25) is 0 Å². The van der Waals surface area contributed by atoms with Crippen LogP contribution < -0.4 is 0 Å². The van der Waals surface area contributed by atoms with Crippen LogP contribution in [-0.4, -0.2) is 23.8 Å². The molecular weight excluding hydrogens is 294 g/mol. The average molecular weight is 307 g/mol. The number of aromatic nitrogens is 1. The fourth-order valence-electron chi connectivity index (χ4n) is 1.53. The van der Waals surface area contributed by atoms with Gasteiger partial charge in [-0.2, -0.15) is 0 Å². The number of aldehydes is 1. The molecule has 6 heteroatoms. The van der Waals surface area contributed by atoms with E-state index < -0.39 is 0 Å². The maximum Gasteiger partial charge on any atom is 0.354 e. The lowest BCUT2D eigenvalue weighted by molar-refractivity contribution is 0.0520. The monoisotopic (exact) mass is 307 g/mol. The molecule has 104 valence electrons. The van der Waals surface area contributed by atoms with Gasteiger partial charge in [0.2, 0.25) is 0 Å². The van der Waals surface area contributed by atoms with Gasteiger partial charge in [-0.15, -0.1) is 22.7 Å². The highest BCUT2D eigenvalue weighted by molar-refractivity contribution is 7.17. The number of hydrogen-bond donors (Lipinski definition) is 1. The fraction of sp³-hybridized carbons (Fsp3) is 0.143. The number of rotatable bonds is 3. The number of H-pyrrole nitrogens is 1. The molecule has 20 heavy (non-hydrogen) atoms. The molecular formula is C14H13NO3S2. The van der Waals surface area contributed by atoms with Gasteiger partial charge in [0.05, 0.1) is 21.7 Å². The van der Waals surface area contributed by atoms with E-state index in [0.717, 1.165) is 21.4 Å². The maximum absolute atomic E-state index is 11.3. The van der Waals surface area contributed by atoms with Crippen molar-refractivity contribution in [2.24, 2.45) is 0 Å². The molecule has 0 aliphatic heterocycles. The number of nitrogens with one attached hydrogen (secondary N) is 1. The molecule has 0 saturated heterocycles. The first kappa shape index (κ1) is 14.5. The molecule has 0 unspecified atom stereocenters. The third-order valence-electron chi connectivity index (χ3n) is 2.39. The maximum atomic E-state index is 11.3. The lowest BCUT2D eigenvalue weighted by atomic mass is 10.4. The average Bonchev–Trinajstić information content (AvgIpc) is 3.16. The minimum Gasteiger partial charge on any atom is -0.461 e. The van der Waals surface area contributed by atoms with Gasteiger partial charge >= 0.3 is 5.97 Å². The topological polar surface area (TPSA) is 59.2 Å². The van der Waals surface area contributed by atoms with E-state index in [0.29, 0.717) is 12.3 Å². The summed E-state index contributed by atoms with van der Waals surface area (Å²) in [5, 5.41) is 3.86. The lowest BCUT2D eigenvalue weighted by Gasteiger charge is -1.96. The van der Waals surface area contributed by atoms with Gasteiger partial charge in [0.1, 0.15) is 5.69 Å². The molecule has 3 aromatic rings. The van der Waals surface area contributed by atoms with Crippen molar-refractivity contribution < 1.29 is 14.3 Å². The van der Waals surface area contributed by atoms with E-state index in [-0.39, 0.29) is 5.97 Å². The van der Waals surface area contributed by atoms with Crippen LogP contribution in [0.4, 0.5) is 0 Å². The van der Waals surface area contributed by atoms with Crippen LogP contribution in [0.3, 0.4) is 0 Å². The largest absolute Gasteiger partial charge is 0.461 e. The summed E-state index contributed by atoms with van der Waals surface area (Å²) < 4.78 is 5.95. The molecule has 4 nitrogen and oxygen atoms in total. The van der Waals surface area contributed by atoms with Crippen LogP contribution in [0, 0.1) is 0 Å². The van der Waals surface area contributed by atoms with E-state index in [1.807, 2.05) is 29.0 Å². The number of thiophene rings is 2. The molecule has 0 aromatic carbocycles. The molecule has 0 aliphatic carbocycles. The number of carbonyl (C=O) groups is 2. The van der Waals surface area contributed by atoms with E-state index >= 15 is 0 Å². The molecule has 0 spiro atoms. The highest BCUT2D eigenvalue weighted by Gasteiger charge is 2.09. The minimum absolute atomic E-state index is 0.286. The van der Waals surface area contributed by atoms with Gasteiger partial charge in [-0.1, -0.05) is 6.07 Å². The molecule has 0 atom stereocenters. The van der Waals surface area contributed by atoms with Crippen molar-refractivity contribution >= 4 is 45.1 Å². The van der Waals surface area contributed by atoms with Crippen molar-refractivity contribution in [2.45, 2.75) is 6.92 Å². The van der Waals surface area contributed by atoms with Gasteiger partial charge in [-0.05, 0) is 35.9 Å². The van der Waals surface area contributed by atoms with Crippen LogP contribution in [0.1, 0.15) is 27.1 Å². The van der Waals surface area contributed by atoms with Gasteiger partial charge in [0.15, 0.2) is 6.29 Å². The van der Waals surface area contributed by atoms with Crippen molar-refractivity contribution in [1.29, 1.82) is 0 Å². The van der Waals surface area contributed by atoms with Crippen LogP contribution in [0.15, 0.2) is 35.0 Å². The van der Waals surface area contributed by atoms with Crippen molar-refractivity contribution in [3.63, 3.8) is 0 Å². The summed E-state index contributed by atoms with van der Waals surface area (Å²) in [5.41, 5.74) is 1.52. The molecule has 0 saturated carbocycles. The van der Waals surface area contributed by atoms with Crippen LogP contribution in [0.25, 0.3) is 10.2 Å². The molecule has 3 aromatic heterocycles. The zero-order valence-corrected chi connectivity index (χ0v) is 12.4. The first-order chi connectivity index (χ1) is 9.74. The van der Waals surface area contributed by atoms with Gasteiger partial charge in [-0.3, -0.25) is 4.79 Å². The lowest BCUT2D eigenvalue weighted by Crippen LogP contribution is -2.04. The number of esters is 1. The van der Waals surface area contributed by atoms with Gasteiger partial charge in [0.25, 0.3) is 0 Å². The summed E-state index contributed by atoms with van der Waals surface area (Å²) in [4.78, 5) is 24.9. The summed E-state index contributed by atoms with van der Waals surface area (Å²) in [7, 11) is 0. The highest BCUT2D eigenvalue weighted by atomic mass is 32.1. The van der Waals surface area contributed by atoms with Gasteiger partial charge < -0.3 is 9.72 Å². The van der Waals surface area contributed by atoms with E-state index in [1.54, 1.807) is 24.3 Å². The van der Waals surface area contributed by atoms with E-state index in [2.05, 4.69) is 4.98 Å². The van der Waals surface area contributed by atoms with Crippen molar-refractivity contribution in [1.82, 2.24) is 4.98 Å². The Morgan fingerprint density at radius 2 is 2.20 bits per heavy atom. The van der Waals surface area contributed by atoms with Crippen molar-refractivity contribution in [2.75, 3.05) is 6.61 Å². The number of ether oxygens (including phenoxy) is 1. The zero-order chi connectivity index (χ0) is 14.4. The molecule has 0 aliphatic rings. The Kier molecular flexibility index (Phi) is 5.09. The van der Waals surface area contributed by atoms with E-state index in [1.165, 1.54) is 11.3 Å². The standard InChI is InChI=1S/C9H9NO2S.C5H4OS/c1-2-12-9(11)7-5-8-6(10-7)3-4-13-8;6-4-5-2-1-3-7-5/h3-5,10H,2H2,1H3;1-4H. The van der Waals surface area contributed by atoms with Gasteiger partial charge in [-0.25, -0.2) is 4.79 Å². The SMILES string of the molecule is CCOC(=O)c1cc2sccc2[nH]1.O=Cc1cccs1. The first-order valence-electron chi connectivity index (χ1n) is 5.96. The minimum atomic E-state index is -0.286. The zero-order valence-electron chi connectivity index (χ0n) is 10.8. The Hall–Kier alpha value is -1.92. The summed E-state index contributed by atoms with van der Waals surface area (Å²) >= 11 is 3.06. The second kappa shape index (κ2) is 7.02. The van der Waals surface area contributed by atoms with Crippen LogP contribution >= 0.6 is 22.7 Å².